The van der Waals surface area contributed by atoms with Crippen LogP contribution in [0.3, 0.4) is 0 Å². The maximum Gasteiger partial charge on any atom is 0.269 e. The zero-order chi connectivity index (χ0) is 15.5. The van der Waals surface area contributed by atoms with E-state index >= 15 is 0 Å². The molecular formula is C16H17NO4. The third-order valence-electron chi connectivity index (χ3n) is 3.78. The molecule has 0 saturated heterocycles. The first-order valence-corrected chi connectivity index (χ1v) is 6.75. The molecule has 1 aliphatic carbocycles. The Kier molecular flexibility index (Phi) is 4.21. The summed E-state index contributed by atoms with van der Waals surface area (Å²) >= 11 is 0. The number of allylic oxidation sites excluding steroid dienone is 4. The zero-order valence-corrected chi connectivity index (χ0v) is 11.8. The molecule has 0 spiro atoms. The van der Waals surface area contributed by atoms with Crippen LogP contribution in [0.5, 0.6) is 0 Å². The van der Waals surface area contributed by atoms with E-state index in [-0.39, 0.29) is 17.2 Å². The first-order valence-electron chi connectivity index (χ1n) is 6.75. The van der Waals surface area contributed by atoms with E-state index in [2.05, 4.69) is 0 Å². The normalized spacial score (nSPS) is 20.9. The number of benzene rings is 1. The standard InChI is InChI=1S/C16H17NO4/c1-12(18)8-10-16(9-2-3-15(19)11-16)13-4-6-14(7-5-13)17(20)21/h2-7,9,19H,8,10-11H2,1H3. The zero-order valence-electron chi connectivity index (χ0n) is 11.8. The topological polar surface area (TPSA) is 80.4 Å². The Morgan fingerprint density at radius 2 is 2.05 bits per heavy atom. The largest absolute Gasteiger partial charge is 0.512 e. The van der Waals surface area contributed by atoms with Gasteiger partial charge in [-0.05, 0) is 25.0 Å². The van der Waals surface area contributed by atoms with E-state index in [1.165, 1.54) is 19.1 Å². The third-order valence-corrected chi connectivity index (χ3v) is 3.78. The fraction of sp³-hybridized carbons (Fsp3) is 0.312. The molecule has 2 rings (SSSR count). The quantitative estimate of drug-likeness (QED) is 0.662. The van der Waals surface area contributed by atoms with Crippen LogP contribution in [0.4, 0.5) is 5.69 Å². The SMILES string of the molecule is CC(=O)CCC1(c2ccc([N+](=O)[O-])cc2)C=CC=C(O)C1. The number of aliphatic hydroxyl groups is 1. The van der Waals surface area contributed by atoms with E-state index in [1.807, 2.05) is 6.08 Å². The van der Waals surface area contributed by atoms with E-state index in [1.54, 1.807) is 24.3 Å². The Bertz CT molecular complexity index is 616. The summed E-state index contributed by atoms with van der Waals surface area (Å²) in [5, 5.41) is 20.6. The lowest BCUT2D eigenvalue weighted by molar-refractivity contribution is -0.384. The van der Waals surface area contributed by atoms with Gasteiger partial charge in [-0.25, -0.2) is 0 Å². The van der Waals surface area contributed by atoms with Crippen molar-refractivity contribution in [2.24, 2.45) is 0 Å². The Hall–Kier alpha value is -2.43. The van der Waals surface area contributed by atoms with Gasteiger partial charge in [-0.2, -0.15) is 0 Å². The van der Waals surface area contributed by atoms with Crippen molar-refractivity contribution >= 4 is 11.5 Å². The number of nitrogens with zero attached hydrogens (tertiary/aromatic N) is 1. The van der Waals surface area contributed by atoms with Crippen LogP contribution in [0, 0.1) is 10.1 Å². The second-order valence-electron chi connectivity index (χ2n) is 5.36. The number of carbonyl (C=O) groups excluding carboxylic acids is 1. The van der Waals surface area contributed by atoms with Gasteiger partial charge in [0.25, 0.3) is 5.69 Å². The van der Waals surface area contributed by atoms with Crippen LogP contribution in [0.25, 0.3) is 0 Å². The average Bonchev–Trinajstić information content (AvgIpc) is 2.45. The summed E-state index contributed by atoms with van der Waals surface area (Å²) in [5.41, 5.74) is 0.407. The molecule has 1 aliphatic rings. The number of non-ortho nitro benzene ring substituents is 1. The highest BCUT2D eigenvalue weighted by atomic mass is 16.6. The molecule has 1 N–H and O–H groups in total. The highest BCUT2D eigenvalue weighted by Crippen LogP contribution is 2.39. The third kappa shape index (κ3) is 3.37. The van der Waals surface area contributed by atoms with Crippen molar-refractivity contribution in [2.45, 2.75) is 31.6 Å². The van der Waals surface area contributed by atoms with E-state index < -0.39 is 10.3 Å². The molecule has 21 heavy (non-hydrogen) atoms. The highest BCUT2D eigenvalue weighted by Gasteiger charge is 2.32. The van der Waals surface area contributed by atoms with Crippen molar-refractivity contribution in [1.82, 2.24) is 0 Å². The summed E-state index contributed by atoms with van der Waals surface area (Å²) in [6.45, 7) is 1.53. The lowest BCUT2D eigenvalue weighted by Crippen LogP contribution is -2.27. The molecule has 0 aromatic heterocycles. The molecular weight excluding hydrogens is 270 g/mol. The Balaban J connectivity index is 2.35. The maximum atomic E-state index is 11.3. The highest BCUT2D eigenvalue weighted by molar-refractivity contribution is 5.75. The van der Waals surface area contributed by atoms with E-state index in [0.717, 1.165) is 5.56 Å². The fourth-order valence-electron chi connectivity index (χ4n) is 2.61. The van der Waals surface area contributed by atoms with Crippen LogP contribution in [0.15, 0.2) is 48.3 Å². The summed E-state index contributed by atoms with van der Waals surface area (Å²) in [6, 6.07) is 6.30. The second-order valence-corrected chi connectivity index (χ2v) is 5.36. The van der Waals surface area contributed by atoms with Gasteiger partial charge in [0.05, 0.1) is 10.7 Å². The Labute approximate surface area is 122 Å². The molecule has 1 unspecified atom stereocenters. The van der Waals surface area contributed by atoms with E-state index in [0.29, 0.717) is 19.3 Å². The van der Waals surface area contributed by atoms with E-state index in [4.69, 9.17) is 0 Å². The van der Waals surface area contributed by atoms with Gasteiger partial charge >= 0.3 is 0 Å². The van der Waals surface area contributed by atoms with Gasteiger partial charge in [-0.3, -0.25) is 10.1 Å². The minimum Gasteiger partial charge on any atom is -0.512 e. The number of aliphatic hydroxyl groups excluding tert-OH is 1. The average molecular weight is 287 g/mol. The first-order chi connectivity index (χ1) is 9.93. The Morgan fingerprint density at radius 3 is 2.57 bits per heavy atom. The van der Waals surface area contributed by atoms with Gasteiger partial charge in [-0.1, -0.05) is 24.3 Å². The van der Waals surface area contributed by atoms with Gasteiger partial charge < -0.3 is 9.90 Å². The number of hydrogen-bond donors (Lipinski definition) is 1. The van der Waals surface area contributed by atoms with Crippen LogP contribution in [-0.2, 0) is 10.2 Å². The number of rotatable bonds is 5. The fourth-order valence-corrected chi connectivity index (χ4v) is 2.61. The van der Waals surface area contributed by atoms with Crippen molar-refractivity contribution in [3.8, 4) is 0 Å². The molecule has 0 radical (unpaired) electrons. The van der Waals surface area contributed by atoms with Crippen molar-refractivity contribution < 1.29 is 14.8 Å². The van der Waals surface area contributed by atoms with Crippen LogP contribution < -0.4 is 0 Å². The van der Waals surface area contributed by atoms with E-state index in [9.17, 15) is 20.0 Å². The van der Waals surface area contributed by atoms with Crippen molar-refractivity contribution in [1.29, 1.82) is 0 Å². The van der Waals surface area contributed by atoms with Crippen LogP contribution in [-0.4, -0.2) is 15.8 Å². The van der Waals surface area contributed by atoms with Crippen molar-refractivity contribution in [2.75, 3.05) is 0 Å². The van der Waals surface area contributed by atoms with Gasteiger partial charge in [0, 0.05) is 30.4 Å². The van der Waals surface area contributed by atoms with Gasteiger partial charge in [0.2, 0.25) is 0 Å². The molecule has 0 saturated carbocycles. The van der Waals surface area contributed by atoms with Crippen LogP contribution in [0.2, 0.25) is 0 Å². The number of carbonyl (C=O) groups is 1. The summed E-state index contributed by atoms with van der Waals surface area (Å²) in [5.74, 6) is 0.332. The second kappa shape index (κ2) is 5.91. The molecule has 110 valence electrons. The maximum absolute atomic E-state index is 11.3. The number of nitro benzene ring substituents is 1. The number of hydrogen-bond acceptors (Lipinski definition) is 4. The minimum atomic E-state index is -0.486. The molecule has 0 fully saturated rings. The molecule has 1 atom stereocenters. The van der Waals surface area contributed by atoms with Gasteiger partial charge in [0.15, 0.2) is 0 Å². The van der Waals surface area contributed by atoms with Gasteiger partial charge in [-0.15, -0.1) is 0 Å². The molecule has 0 amide bonds. The summed E-state index contributed by atoms with van der Waals surface area (Å²) in [6.07, 6.45) is 6.70. The molecule has 0 bridgehead atoms. The van der Waals surface area contributed by atoms with Crippen molar-refractivity contribution in [3.63, 3.8) is 0 Å². The number of ketones is 1. The van der Waals surface area contributed by atoms with Crippen LogP contribution >= 0.6 is 0 Å². The minimum absolute atomic E-state index is 0.0278. The summed E-state index contributed by atoms with van der Waals surface area (Å²) in [7, 11) is 0. The van der Waals surface area contributed by atoms with Crippen LogP contribution in [0.1, 0.15) is 31.7 Å². The smallest absolute Gasteiger partial charge is 0.269 e. The predicted molar refractivity (Wildman–Crippen MR) is 79.2 cm³/mol. The molecule has 0 heterocycles. The number of Topliss-reactive ketones (excluding diaryl/α,β-unsaturated/α-hetero) is 1. The van der Waals surface area contributed by atoms with Crippen molar-refractivity contribution in [3.05, 3.63) is 63.9 Å². The first kappa shape index (κ1) is 15.0. The Morgan fingerprint density at radius 1 is 1.38 bits per heavy atom. The molecule has 5 heteroatoms. The van der Waals surface area contributed by atoms with Gasteiger partial charge in [0.1, 0.15) is 5.78 Å². The lowest BCUT2D eigenvalue weighted by Gasteiger charge is -2.32. The monoisotopic (exact) mass is 287 g/mol. The summed E-state index contributed by atoms with van der Waals surface area (Å²) < 4.78 is 0. The molecule has 5 nitrogen and oxygen atoms in total. The molecule has 1 aromatic carbocycles. The summed E-state index contributed by atoms with van der Waals surface area (Å²) in [4.78, 5) is 21.6. The molecule has 0 aliphatic heterocycles. The lowest BCUT2D eigenvalue weighted by atomic mass is 9.71. The number of nitro groups is 1. The predicted octanol–water partition coefficient (Wildman–Crippen LogP) is 3.60. The molecule has 1 aromatic rings.